The lowest BCUT2D eigenvalue weighted by Gasteiger charge is -2.13. The average molecular weight is 367 g/mol. The van der Waals surface area contributed by atoms with E-state index in [-0.39, 0.29) is 11.4 Å². The summed E-state index contributed by atoms with van der Waals surface area (Å²) in [7, 11) is -3.79. The Hall–Kier alpha value is -1.89. The minimum absolute atomic E-state index is 0.0212. The van der Waals surface area contributed by atoms with Crippen LogP contribution in [-0.4, -0.2) is 20.9 Å². The molecule has 0 unspecified atom stereocenters. The Morgan fingerprint density at radius 2 is 1.88 bits per heavy atom. The molecule has 0 radical (unpaired) electrons. The van der Waals surface area contributed by atoms with Crippen LogP contribution in [0.2, 0.25) is 5.02 Å². The van der Waals surface area contributed by atoms with Crippen LogP contribution in [0.5, 0.6) is 0 Å². The highest BCUT2D eigenvalue weighted by Gasteiger charge is 2.16. The zero-order chi connectivity index (χ0) is 17.7. The first-order chi connectivity index (χ1) is 11.3. The second-order valence-corrected chi connectivity index (χ2v) is 7.50. The van der Waals surface area contributed by atoms with Crippen molar-refractivity contribution in [3.05, 3.63) is 58.6 Å². The third-order valence-corrected chi connectivity index (χ3v) is 5.17. The summed E-state index contributed by atoms with van der Waals surface area (Å²) in [5, 5.41) is 3.09. The molecule has 0 heterocycles. The van der Waals surface area contributed by atoms with Crippen molar-refractivity contribution in [2.45, 2.75) is 25.2 Å². The molecule has 0 aliphatic heterocycles. The van der Waals surface area contributed by atoms with E-state index in [4.69, 9.17) is 11.6 Å². The number of anilines is 1. The summed E-state index contributed by atoms with van der Waals surface area (Å²) in [6.45, 7) is 3.53. The van der Waals surface area contributed by atoms with Gasteiger partial charge in [-0.2, -0.15) is 0 Å². The van der Waals surface area contributed by atoms with Crippen LogP contribution in [-0.2, 0) is 21.2 Å². The van der Waals surface area contributed by atoms with Crippen LogP contribution >= 0.6 is 11.6 Å². The Morgan fingerprint density at radius 1 is 1.17 bits per heavy atom. The molecular weight excluding hydrogens is 348 g/mol. The molecule has 0 aliphatic rings. The van der Waals surface area contributed by atoms with Crippen molar-refractivity contribution in [3.63, 3.8) is 0 Å². The van der Waals surface area contributed by atoms with Gasteiger partial charge in [-0.05, 0) is 42.7 Å². The topological polar surface area (TPSA) is 75.3 Å². The molecule has 24 heavy (non-hydrogen) atoms. The van der Waals surface area contributed by atoms with Crippen molar-refractivity contribution < 1.29 is 13.2 Å². The molecule has 7 heteroatoms. The molecule has 0 atom stereocenters. The third kappa shape index (κ3) is 4.56. The summed E-state index contributed by atoms with van der Waals surface area (Å²) < 4.78 is 26.6. The second kappa shape index (κ2) is 7.79. The summed E-state index contributed by atoms with van der Waals surface area (Å²) >= 11 is 5.80. The molecule has 2 aromatic carbocycles. The van der Waals surface area contributed by atoms with Crippen molar-refractivity contribution in [2.75, 3.05) is 11.9 Å². The Bertz CT molecular complexity index is 851. The van der Waals surface area contributed by atoms with Crippen molar-refractivity contribution in [1.82, 2.24) is 4.72 Å². The molecule has 2 N–H and O–H groups in total. The molecule has 5 nitrogen and oxygen atoms in total. The molecule has 0 saturated heterocycles. The number of para-hydroxylation sites is 1. The van der Waals surface area contributed by atoms with E-state index in [1.165, 1.54) is 18.2 Å². The summed E-state index contributed by atoms with van der Waals surface area (Å²) in [4.78, 5) is 12.1. The smallest absolute Gasteiger partial charge is 0.241 e. The van der Waals surface area contributed by atoms with E-state index in [2.05, 4.69) is 10.0 Å². The predicted octanol–water partition coefficient (Wildman–Crippen LogP) is 3.13. The fraction of sp³-hybridized carbons (Fsp3) is 0.235. The van der Waals surface area contributed by atoms with Gasteiger partial charge >= 0.3 is 0 Å². The van der Waals surface area contributed by atoms with E-state index in [1.54, 1.807) is 6.07 Å². The highest BCUT2D eigenvalue weighted by atomic mass is 35.5. The number of hydrogen-bond donors (Lipinski definition) is 2. The zero-order valence-corrected chi connectivity index (χ0v) is 15.0. The fourth-order valence-corrected chi connectivity index (χ4v) is 3.55. The first-order valence-corrected chi connectivity index (χ1v) is 9.33. The van der Waals surface area contributed by atoms with Crippen LogP contribution in [0.25, 0.3) is 0 Å². The highest BCUT2D eigenvalue weighted by molar-refractivity contribution is 7.89. The van der Waals surface area contributed by atoms with Gasteiger partial charge in [0.1, 0.15) is 0 Å². The van der Waals surface area contributed by atoms with Crippen molar-refractivity contribution in [3.8, 4) is 0 Å². The molecule has 0 saturated carbocycles. The Morgan fingerprint density at radius 3 is 2.54 bits per heavy atom. The number of rotatable bonds is 6. The number of benzene rings is 2. The van der Waals surface area contributed by atoms with Gasteiger partial charge in [0, 0.05) is 10.7 Å². The lowest BCUT2D eigenvalue weighted by molar-refractivity contribution is -0.115. The maximum Gasteiger partial charge on any atom is 0.241 e. The lowest BCUT2D eigenvalue weighted by Crippen LogP contribution is -2.33. The van der Waals surface area contributed by atoms with Gasteiger partial charge in [-0.25, -0.2) is 13.1 Å². The Labute approximate surface area is 147 Å². The number of nitrogens with one attached hydrogen (secondary N) is 2. The monoisotopic (exact) mass is 366 g/mol. The van der Waals surface area contributed by atoms with E-state index < -0.39 is 15.9 Å². The van der Waals surface area contributed by atoms with Gasteiger partial charge in [0.05, 0.1) is 11.4 Å². The molecule has 1 amide bonds. The fourth-order valence-electron chi connectivity index (χ4n) is 2.26. The maximum absolute atomic E-state index is 12.2. The van der Waals surface area contributed by atoms with Gasteiger partial charge in [-0.3, -0.25) is 4.79 Å². The standard InChI is InChI=1S/C17H19ClN2O3S/c1-3-13-7-4-6-12(2)17(13)20-16(21)11-19-24(22,23)15-9-5-8-14(18)10-15/h4-10,19H,3,11H2,1-2H3,(H,20,21). The normalized spacial score (nSPS) is 11.3. The van der Waals surface area contributed by atoms with Crippen LogP contribution < -0.4 is 10.0 Å². The Kier molecular flexibility index (Phi) is 5.99. The first kappa shape index (κ1) is 18.4. The van der Waals surface area contributed by atoms with Crippen molar-refractivity contribution in [2.24, 2.45) is 0 Å². The van der Waals surface area contributed by atoms with Gasteiger partial charge in [0.25, 0.3) is 0 Å². The average Bonchev–Trinajstić information content (AvgIpc) is 2.55. The van der Waals surface area contributed by atoms with E-state index >= 15 is 0 Å². The van der Waals surface area contributed by atoms with Crippen LogP contribution in [0.3, 0.4) is 0 Å². The number of aryl methyl sites for hydroxylation is 2. The number of hydrogen-bond acceptors (Lipinski definition) is 3. The Balaban J connectivity index is 2.06. The van der Waals surface area contributed by atoms with E-state index in [0.29, 0.717) is 5.02 Å². The second-order valence-electron chi connectivity index (χ2n) is 5.29. The maximum atomic E-state index is 12.2. The number of amides is 1. The molecule has 0 aliphatic carbocycles. The molecule has 0 bridgehead atoms. The number of carbonyl (C=O) groups excluding carboxylic acids is 1. The SMILES string of the molecule is CCc1cccc(C)c1NC(=O)CNS(=O)(=O)c1cccc(Cl)c1. The summed E-state index contributed by atoms with van der Waals surface area (Å²) in [5.41, 5.74) is 2.66. The van der Waals surface area contributed by atoms with Crippen molar-refractivity contribution >= 4 is 33.2 Å². The third-order valence-electron chi connectivity index (χ3n) is 3.53. The van der Waals surface area contributed by atoms with Gasteiger partial charge < -0.3 is 5.32 Å². The van der Waals surface area contributed by atoms with Gasteiger partial charge in [0.2, 0.25) is 15.9 Å². The number of carbonyl (C=O) groups is 1. The number of sulfonamides is 1. The molecule has 0 aromatic heterocycles. The van der Waals surface area contributed by atoms with E-state index in [9.17, 15) is 13.2 Å². The number of halogens is 1. The highest BCUT2D eigenvalue weighted by Crippen LogP contribution is 2.21. The molecular formula is C17H19ClN2O3S. The van der Waals surface area contributed by atoms with E-state index in [0.717, 1.165) is 23.2 Å². The van der Waals surface area contributed by atoms with Gasteiger partial charge in [-0.15, -0.1) is 0 Å². The predicted molar refractivity (Wildman–Crippen MR) is 95.8 cm³/mol. The summed E-state index contributed by atoms with van der Waals surface area (Å²) in [5.74, 6) is -0.426. The van der Waals surface area contributed by atoms with Crippen LogP contribution in [0.15, 0.2) is 47.4 Å². The lowest BCUT2D eigenvalue weighted by atomic mass is 10.1. The molecule has 128 valence electrons. The molecule has 0 spiro atoms. The minimum Gasteiger partial charge on any atom is -0.324 e. The molecule has 2 aromatic rings. The molecule has 0 fully saturated rings. The summed E-state index contributed by atoms with van der Waals surface area (Å²) in [6, 6.07) is 11.6. The first-order valence-electron chi connectivity index (χ1n) is 7.47. The van der Waals surface area contributed by atoms with Gasteiger partial charge in [0.15, 0.2) is 0 Å². The minimum atomic E-state index is -3.79. The summed E-state index contributed by atoms with van der Waals surface area (Å²) in [6.07, 6.45) is 0.769. The van der Waals surface area contributed by atoms with Crippen molar-refractivity contribution in [1.29, 1.82) is 0 Å². The molecule has 2 rings (SSSR count). The van der Waals surface area contributed by atoms with Crippen LogP contribution in [0.4, 0.5) is 5.69 Å². The van der Waals surface area contributed by atoms with Crippen LogP contribution in [0.1, 0.15) is 18.1 Å². The van der Waals surface area contributed by atoms with Crippen LogP contribution in [0, 0.1) is 6.92 Å². The quantitative estimate of drug-likeness (QED) is 0.824. The zero-order valence-electron chi connectivity index (χ0n) is 13.5. The van der Waals surface area contributed by atoms with Gasteiger partial charge in [-0.1, -0.05) is 42.8 Å². The van der Waals surface area contributed by atoms with E-state index in [1.807, 2.05) is 32.0 Å². The largest absolute Gasteiger partial charge is 0.324 e.